The lowest BCUT2D eigenvalue weighted by atomic mass is 10.1. The molecule has 0 aromatic heterocycles. The van der Waals surface area contributed by atoms with Gasteiger partial charge in [0, 0.05) is 53.2 Å². The number of carboxylic acid groups (broad SMARTS) is 2. The summed E-state index contributed by atoms with van der Waals surface area (Å²) in [6, 6.07) is 24.8. The average Bonchev–Trinajstić information content (AvgIpc) is 0.822. The van der Waals surface area contributed by atoms with Gasteiger partial charge < -0.3 is 47.4 Å². The van der Waals surface area contributed by atoms with Crippen LogP contribution in [-0.2, 0) is 34.4 Å². The zero-order valence-electron chi connectivity index (χ0n) is 52.7. The molecule has 103 heavy (non-hydrogen) atoms. The first-order chi connectivity index (χ1) is 45.0. The number of carboxylic acids is 2. The van der Waals surface area contributed by atoms with E-state index in [0.29, 0.717) is 49.0 Å². The first-order valence-corrected chi connectivity index (χ1v) is 28.4. The molecule has 0 saturated heterocycles. The lowest BCUT2D eigenvalue weighted by molar-refractivity contribution is -0.0522. The fraction of sp³-hybridized carbons (Fsp3) is 0.273. The third kappa shape index (κ3) is 35.7. The number of anilines is 1. The molecular weight excluding hydrogens is 1430 g/mol. The van der Waals surface area contributed by atoms with Gasteiger partial charge in [-0.15, -0.1) is 0 Å². The molecule has 560 valence electrons. The minimum atomic E-state index is -6.09. The molecule has 0 fully saturated rings. The maximum Gasteiger partial charge on any atom is 0.485 e. The van der Waals surface area contributed by atoms with Crippen LogP contribution in [0.5, 0.6) is 0 Å². The number of quaternary nitrogens is 2. The third-order valence-electron chi connectivity index (χ3n) is 10.9. The van der Waals surface area contributed by atoms with E-state index < -0.39 is 78.6 Å². The molecular formula is C66H74F9N9O17S2. The topological polar surface area (TPSA) is 314 Å². The number of rotatable bonds is 9. The summed E-state index contributed by atoms with van der Waals surface area (Å²) in [7, 11) is 7.12. The summed E-state index contributed by atoms with van der Waals surface area (Å²) < 4.78 is 170. The van der Waals surface area contributed by atoms with Gasteiger partial charge in [-0.3, -0.25) is 4.79 Å². The van der Waals surface area contributed by atoms with Crippen LogP contribution in [0.25, 0.3) is 29.1 Å². The number of esters is 3. The van der Waals surface area contributed by atoms with E-state index in [2.05, 4.69) is 43.3 Å². The summed E-state index contributed by atoms with van der Waals surface area (Å²) in [6.07, 6.45) is 0.577. The van der Waals surface area contributed by atoms with E-state index in [0.717, 1.165) is 53.5 Å². The van der Waals surface area contributed by atoms with E-state index in [1.165, 1.54) is 57.7 Å². The Morgan fingerprint density at radius 3 is 0.932 bits per heavy atom. The number of nitrogens with zero attached hydrogens (tertiary/aromatic N) is 9. The zero-order chi connectivity index (χ0) is 76.7. The van der Waals surface area contributed by atoms with Gasteiger partial charge in [0.25, 0.3) is 0 Å². The number of aromatic carboxylic acids is 2. The Balaban J connectivity index is -0.000000205. The molecule has 0 spiro atoms. The predicted octanol–water partition coefficient (Wildman–Crippen LogP) is 16.2. The van der Waals surface area contributed by atoms with Crippen LogP contribution in [0.3, 0.4) is 0 Å². The van der Waals surface area contributed by atoms with Crippen LogP contribution < -0.4 is 13.9 Å². The minimum Gasteiger partial charge on any atom is -0.741 e. The standard InChI is InChI=1S/C12H15N2O2.2C11H12N2O2.C9H6FNO2.C8H4FNO2.C8H4FNO.2CHF3O3S.5CH4/c1-13-10-8-9(12(15)16-5)6-7-11(10)14(2,3)4;1-12-9-7-8(11(14)15-4)5-6-10(9)13(2)3;1-12-9-7-8(11(14)15)5-6-10(9)13(2,3)4;1-11-8-5-6(9(12)13-2)3-4-7(8)10;1-10-7-4-5(8(11)12)2-3-6(7)9;1-10-8-4-6(5-11)2-3-7(8)9;2*2-1(3,4)8(5,6)7;;;;;/h6-8H,2-5H3;2*5-7H,2-4H3;3-5H,2H3;2-4H,(H,11,12);2-5H;2*(H,5,6,7);5*1H4/q+1;;;;;;;;;;;;/p-1. The number of hydrogen-bond acceptors (Lipinski definition) is 16. The molecule has 6 aromatic carbocycles. The Morgan fingerprint density at radius 1 is 0.437 bits per heavy atom. The SMILES string of the molecule is C.C.C.C.C.O=S(=O)([O-])C(F)(F)F.O=S(=O)([O-])C(F)(F)F.[C-]#[N+]c1cc(C(=O)O)ccc1F.[C-]#[N+]c1cc(C(=O)O)ccc1[N+](C)(C)C.[C-]#[N+]c1cc(C(=O)OC)ccc1F.[C-]#[N+]c1cc(C(=O)OC)ccc1N(C)C.[C-]#[N+]c1cc(C(=O)OC)ccc1[N+](C)(C)C.[C-]#[N+]c1cc(C=O)ccc1F. The molecule has 6 aromatic rings. The van der Waals surface area contributed by atoms with Crippen molar-refractivity contribution in [1.29, 1.82) is 0 Å². The summed E-state index contributed by atoms with van der Waals surface area (Å²) >= 11 is 0. The molecule has 26 nitrogen and oxygen atoms in total. The smallest absolute Gasteiger partial charge is 0.485 e. The van der Waals surface area contributed by atoms with Crippen LogP contribution in [0.2, 0.25) is 0 Å². The number of alkyl halides is 6. The molecule has 2 N–H and O–H groups in total. The Kier molecular flexibility index (Phi) is 47.3. The highest BCUT2D eigenvalue weighted by atomic mass is 32.2. The fourth-order valence-electron chi connectivity index (χ4n) is 6.24. The molecule has 0 aliphatic carbocycles. The lowest BCUT2D eigenvalue weighted by Crippen LogP contribution is -2.34. The van der Waals surface area contributed by atoms with Crippen LogP contribution in [0.4, 0.5) is 90.7 Å². The summed E-state index contributed by atoms with van der Waals surface area (Å²) in [5, 5.41) is 17.3. The Hall–Kier alpha value is -11.8. The zero-order valence-corrected chi connectivity index (χ0v) is 54.4. The molecule has 0 atom stereocenters. The van der Waals surface area contributed by atoms with E-state index in [4.69, 9.17) is 75.6 Å². The quantitative estimate of drug-likeness (QED) is 0.0198. The highest BCUT2D eigenvalue weighted by Gasteiger charge is 2.37. The first kappa shape index (κ1) is 105. The summed E-state index contributed by atoms with van der Waals surface area (Å²) in [4.78, 5) is 85.3. The summed E-state index contributed by atoms with van der Waals surface area (Å²) in [6.45, 7) is 40.8. The van der Waals surface area contributed by atoms with Gasteiger partial charge in [-0.05, 0) is 103 Å². The molecule has 0 aliphatic rings. The molecule has 0 amide bonds. The minimum absolute atomic E-state index is 0. The van der Waals surface area contributed by atoms with Crippen molar-refractivity contribution in [3.05, 3.63) is 229 Å². The van der Waals surface area contributed by atoms with Gasteiger partial charge >= 0.3 is 40.9 Å². The largest absolute Gasteiger partial charge is 0.741 e. The Morgan fingerprint density at radius 2 is 0.670 bits per heavy atom. The van der Waals surface area contributed by atoms with E-state index in [1.807, 2.05) is 61.3 Å². The van der Waals surface area contributed by atoms with Crippen LogP contribution in [-0.4, -0.2) is 161 Å². The molecule has 37 heteroatoms. The van der Waals surface area contributed by atoms with Crippen molar-refractivity contribution in [1.82, 2.24) is 8.97 Å². The number of carbonyl (C=O) groups is 6. The first-order valence-electron chi connectivity index (χ1n) is 25.5. The number of benzene rings is 6. The van der Waals surface area contributed by atoms with Crippen LogP contribution in [0, 0.1) is 56.9 Å². The number of ether oxygens (including phenoxy) is 3. The molecule has 0 aliphatic heterocycles. The summed E-state index contributed by atoms with van der Waals surface area (Å²) in [5.74, 6) is -5.52. The maximum absolute atomic E-state index is 12.8. The molecule has 0 radical (unpaired) electrons. The van der Waals surface area contributed by atoms with Crippen LogP contribution >= 0.6 is 0 Å². The van der Waals surface area contributed by atoms with Crippen LogP contribution in [0.15, 0.2) is 109 Å². The monoisotopic (exact) mass is 1500 g/mol. The van der Waals surface area contributed by atoms with Gasteiger partial charge in [0.2, 0.25) is 34.1 Å². The number of carbonyl (C=O) groups excluding carboxylic acids is 4. The predicted molar refractivity (Wildman–Crippen MR) is 368 cm³/mol. The summed E-state index contributed by atoms with van der Waals surface area (Å²) in [5.41, 5.74) is -6.68. The van der Waals surface area contributed by atoms with Crippen molar-refractivity contribution in [2.45, 2.75) is 48.1 Å². The molecule has 0 saturated carbocycles. The highest BCUT2D eigenvalue weighted by molar-refractivity contribution is 7.86. The second-order valence-corrected chi connectivity index (χ2v) is 22.5. The van der Waals surface area contributed by atoms with Gasteiger partial charge in [-0.25, -0.2) is 83.0 Å². The highest BCUT2D eigenvalue weighted by Crippen LogP contribution is 2.34. The lowest BCUT2D eigenvalue weighted by Gasteiger charge is -2.24. The second-order valence-electron chi connectivity index (χ2n) is 19.7. The van der Waals surface area contributed by atoms with E-state index in [-0.39, 0.29) is 70.9 Å². The number of halogens is 9. The fourth-order valence-corrected chi connectivity index (χ4v) is 6.24. The van der Waals surface area contributed by atoms with E-state index in [1.54, 1.807) is 36.4 Å². The molecule has 0 bridgehead atoms. The Bertz CT molecular complexity index is 4350. The van der Waals surface area contributed by atoms with Gasteiger partial charge in [0.15, 0.2) is 20.2 Å². The van der Waals surface area contributed by atoms with Crippen molar-refractivity contribution < 1.29 is 119 Å². The van der Waals surface area contributed by atoms with Crippen molar-refractivity contribution in [3.63, 3.8) is 0 Å². The van der Waals surface area contributed by atoms with Crippen molar-refractivity contribution in [3.8, 4) is 0 Å². The van der Waals surface area contributed by atoms with E-state index >= 15 is 0 Å². The molecule has 0 unspecified atom stereocenters. The third-order valence-corrected chi connectivity index (χ3v) is 12.0. The van der Waals surface area contributed by atoms with Gasteiger partial charge in [-0.1, -0.05) is 43.2 Å². The van der Waals surface area contributed by atoms with Crippen molar-refractivity contribution in [2.24, 2.45) is 0 Å². The number of methoxy groups -OCH3 is 3. The maximum atomic E-state index is 12.8. The molecule has 6 rings (SSSR count). The average molecular weight is 1500 g/mol. The molecule has 0 heterocycles. The van der Waals surface area contributed by atoms with Crippen molar-refractivity contribution >= 4 is 108 Å². The van der Waals surface area contributed by atoms with Gasteiger partial charge in [-0.2, -0.15) is 26.3 Å². The Labute approximate surface area is 592 Å². The van der Waals surface area contributed by atoms with Crippen LogP contribution in [0.1, 0.15) is 99.3 Å². The number of hydrogen-bond donors (Lipinski definition) is 2. The normalized spacial score (nSPS) is 9.86. The van der Waals surface area contributed by atoms with Gasteiger partial charge in [0.1, 0.15) is 35.1 Å². The van der Waals surface area contributed by atoms with Crippen molar-refractivity contribution in [2.75, 3.05) is 82.6 Å². The second kappa shape index (κ2) is 46.5. The van der Waals surface area contributed by atoms with Gasteiger partial charge in [0.05, 0.1) is 103 Å². The van der Waals surface area contributed by atoms with E-state index in [9.17, 15) is 68.3 Å². The number of aldehydes is 1.